The minimum Gasteiger partial charge on any atom is -0.314 e. The highest BCUT2D eigenvalue weighted by molar-refractivity contribution is 4.83. The molecule has 19 heavy (non-hydrogen) atoms. The number of rotatable bonds is 5. The lowest BCUT2D eigenvalue weighted by Crippen LogP contribution is -2.41. The van der Waals surface area contributed by atoms with E-state index >= 15 is 0 Å². The molecule has 0 aromatic carbocycles. The first-order valence-electron chi connectivity index (χ1n) is 8.90. The quantitative estimate of drug-likeness (QED) is 0.737. The predicted octanol–water partition coefficient (Wildman–Crippen LogP) is 5.01. The Bertz CT molecular complexity index is 240. The third-order valence-corrected chi connectivity index (χ3v) is 5.77. The molecule has 1 nitrogen and oxygen atoms in total. The van der Waals surface area contributed by atoms with Crippen molar-refractivity contribution in [2.75, 3.05) is 6.54 Å². The molecule has 112 valence electrons. The maximum absolute atomic E-state index is 3.91. The molecular weight excluding hydrogens is 230 g/mol. The van der Waals surface area contributed by atoms with E-state index in [4.69, 9.17) is 0 Å². The number of nitrogens with one attached hydrogen (secondary N) is 1. The van der Waals surface area contributed by atoms with Crippen LogP contribution in [-0.2, 0) is 0 Å². The molecule has 2 rings (SSSR count). The molecule has 2 aliphatic carbocycles. The molecule has 2 aliphatic rings. The first kappa shape index (κ1) is 15.4. The lowest BCUT2D eigenvalue weighted by molar-refractivity contribution is 0.198. The summed E-state index contributed by atoms with van der Waals surface area (Å²) in [5.41, 5.74) is 0. The standard InChI is InChI=1S/C18H35N/c1-14(2)17-6-4-5-7-18(17)19-13-12-16-10-8-15(3)9-11-16/h14-19H,4-13H2,1-3H3. The van der Waals surface area contributed by atoms with E-state index in [0.717, 1.165) is 29.7 Å². The van der Waals surface area contributed by atoms with Gasteiger partial charge in [-0.2, -0.15) is 0 Å². The third kappa shape index (κ3) is 4.77. The molecule has 2 unspecified atom stereocenters. The van der Waals surface area contributed by atoms with Crippen molar-refractivity contribution in [1.82, 2.24) is 5.32 Å². The fourth-order valence-electron chi connectivity index (χ4n) is 4.30. The summed E-state index contributed by atoms with van der Waals surface area (Å²) in [6.45, 7) is 8.51. The van der Waals surface area contributed by atoms with Crippen molar-refractivity contribution < 1.29 is 0 Å². The smallest absolute Gasteiger partial charge is 0.00977 e. The third-order valence-electron chi connectivity index (χ3n) is 5.77. The Kier molecular flexibility index (Phi) is 6.19. The number of hydrogen-bond donors (Lipinski definition) is 1. The molecule has 0 aromatic rings. The van der Waals surface area contributed by atoms with E-state index in [-0.39, 0.29) is 0 Å². The summed E-state index contributed by atoms with van der Waals surface area (Å²) in [4.78, 5) is 0. The van der Waals surface area contributed by atoms with Crippen LogP contribution in [0.15, 0.2) is 0 Å². The fraction of sp³-hybridized carbons (Fsp3) is 1.00. The van der Waals surface area contributed by atoms with Crippen molar-refractivity contribution >= 4 is 0 Å². The maximum atomic E-state index is 3.91. The van der Waals surface area contributed by atoms with Crippen molar-refractivity contribution in [3.05, 3.63) is 0 Å². The average Bonchev–Trinajstić information content (AvgIpc) is 2.41. The molecular formula is C18H35N. The van der Waals surface area contributed by atoms with Crippen LogP contribution in [-0.4, -0.2) is 12.6 Å². The summed E-state index contributed by atoms with van der Waals surface area (Å²) >= 11 is 0. The van der Waals surface area contributed by atoms with Gasteiger partial charge in [-0.25, -0.2) is 0 Å². The van der Waals surface area contributed by atoms with Crippen molar-refractivity contribution in [2.45, 2.75) is 84.6 Å². The molecule has 2 saturated carbocycles. The Morgan fingerprint density at radius 1 is 0.947 bits per heavy atom. The van der Waals surface area contributed by atoms with Gasteiger partial charge in [-0.1, -0.05) is 59.3 Å². The Labute approximate surface area is 120 Å². The van der Waals surface area contributed by atoms with Crippen LogP contribution in [0.4, 0.5) is 0 Å². The second-order valence-electron chi connectivity index (χ2n) is 7.67. The zero-order valence-electron chi connectivity index (χ0n) is 13.5. The van der Waals surface area contributed by atoms with Crippen LogP contribution in [0.25, 0.3) is 0 Å². The second-order valence-corrected chi connectivity index (χ2v) is 7.67. The molecule has 0 aromatic heterocycles. The van der Waals surface area contributed by atoms with Gasteiger partial charge in [0, 0.05) is 6.04 Å². The highest BCUT2D eigenvalue weighted by atomic mass is 14.9. The minimum atomic E-state index is 0.816. The van der Waals surface area contributed by atoms with Crippen molar-refractivity contribution in [3.63, 3.8) is 0 Å². The van der Waals surface area contributed by atoms with E-state index in [9.17, 15) is 0 Å². The Morgan fingerprint density at radius 2 is 1.63 bits per heavy atom. The average molecular weight is 265 g/mol. The van der Waals surface area contributed by atoms with Gasteiger partial charge in [-0.3, -0.25) is 0 Å². The van der Waals surface area contributed by atoms with Crippen LogP contribution < -0.4 is 5.32 Å². The second kappa shape index (κ2) is 7.67. The van der Waals surface area contributed by atoms with Gasteiger partial charge in [0.05, 0.1) is 0 Å². The summed E-state index contributed by atoms with van der Waals surface area (Å²) in [5, 5.41) is 3.91. The lowest BCUT2D eigenvalue weighted by Gasteiger charge is -2.35. The first-order valence-corrected chi connectivity index (χ1v) is 8.90. The van der Waals surface area contributed by atoms with Gasteiger partial charge in [0.25, 0.3) is 0 Å². The van der Waals surface area contributed by atoms with Gasteiger partial charge >= 0.3 is 0 Å². The van der Waals surface area contributed by atoms with Crippen LogP contribution in [0.2, 0.25) is 0 Å². The SMILES string of the molecule is CC1CCC(CCNC2CCCCC2C(C)C)CC1. The monoisotopic (exact) mass is 265 g/mol. The maximum Gasteiger partial charge on any atom is 0.00977 e. The minimum absolute atomic E-state index is 0.816. The van der Waals surface area contributed by atoms with Crippen LogP contribution >= 0.6 is 0 Å². The van der Waals surface area contributed by atoms with Gasteiger partial charge in [-0.05, 0) is 49.5 Å². The normalized spacial score (nSPS) is 36.6. The Balaban J connectivity index is 1.66. The summed E-state index contributed by atoms with van der Waals surface area (Å²) in [6, 6.07) is 0.816. The van der Waals surface area contributed by atoms with E-state index in [0.29, 0.717) is 0 Å². The van der Waals surface area contributed by atoms with Gasteiger partial charge in [0.2, 0.25) is 0 Å². The molecule has 0 bridgehead atoms. The molecule has 1 N–H and O–H groups in total. The van der Waals surface area contributed by atoms with E-state index in [1.54, 1.807) is 0 Å². The van der Waals surface area contributed by atoms with Gasteiger partial charge in [-0.15, -0.1) is 0 Å². The van der Waals surface area contributed by atoms with E-state index in [1.165, 1.54) is 64.3 Å². The van der Waals surface area contributed by atoms with E-state index in [2.05, 4.69) is 26.1 Å². The molecule has 0 radical (unpaired) electrons. The zero-order chi connectivity index (χ0) is 13.7. The molecule has 0 aliphatic heterocycles. The van der Waals surface area contributed by atoms with Crippen LogP contribution in [0.1, 0.15) is 78.6 Å². The summed E-state index contributed by atoms with van der Waals surface area (Å²) < 4.78 is 0. The molecule has 2 fully saturated rings. The summed E-state index contributed by atoms with van der Waals surface area (Å²) in [6.07, 6.45) is 13.1. The van der Waals surface area contributed by atoms with Gasteiger partial charge in [0.1, 0.15) is 0 Å². The van der Waals surface area contributed by atoms with Crippen LogP contribution in [0.5, 0.6) is 0 Å². The molecule has 0 saturated heterocycles. The van der Waals surface area contributed by atoms with Crippen molar-refractivity contribution in [3.8, 4) is 0 Å². The predicted molar refractivity (Wildman–Crippen MR) is 84.3 cm³/mol. The van der Waals surface area contributed by atoms with E-state index < -0.39 is 0 Å². The first-order chi connectivity index (χ1) is 9.16. The van der Waals surface area contributed by atoms with Gasteiger partial charge in [0.15, 0.2) is 0 Å². The summed E-state index contributed by atoms with van der Waals surface area (Å²) in [5.74, 6) is 3.80. The fourth-order valence-corrected chi connectivity index (χ4v) is 4.30. The lowest BCUT2D eigenvalue weighted by atomic mass is 9.77. The van der Waals surface area contributed by atoms with Crippen molar-refractivity contribution in [1.29, 1.82) is 0 Å². The van der Waals surface area contributed by atoms with Crippen LogP contribution in [0.3, 0.4) is 0 Å². The molecule has 0 amide bonds. The summed E-state index contributed by atoms with van der Waals surface area (Å²) in [7, 11) is 0. The molecule has 1 heteroatoms. The highest BCUT2D eigenvalue weighted by Crippen LogP contribution is 2.32. The van der Waals surface area contributed by atoms with E-state index in [1.807, 2.05) is 0 Å². The molecule has 2 atom stereocenters. The largest absolute Gasteiger partial charge is 0.314 e. The highest BCUT2D eigenvalue weighted by Gasteiger charge is 2.27. The number of hydrogen-bond acceptors (Lipinski definition) is 1. The Morgan fingerprint density at radius 3 is 2.32 bits per heavy atom. The molecule has 0 spiro atoms. The molecule has 0 heterocycles. The van der Waals surface area contributed by atoms with Gasteiger partial charge < -0.3 is 5.32 Å². The Hall–Kier alpha value is -0.0400. The van der Waals surface area contributed by atoms with Crippen LogP contribution in [0, 0.1) is 23.7 Å². The van der Waals surface area contributed by atoms with Crippen molar-refractivity contribution in [2.24, 2.45) is 23.7 Å². The zero-order valence-corrected chi connectivity index (χ0v) is 13.5. The topological polar surface area (TPSA) is 12.0 Å².